The predicted octanol–water partition coefficient (Wildman–Crippen LogP) is 4.11. The number of hydrogen-bond donors (Lipinski definition) is 1. The van der Waals surface area contributed by atoms with Crippen LogP contribution in [0.5, 0.6) is 0 Å². The van der Waals surface area contributed by atoms with Crippen LogP contribution in [0, 0.1) is 5.92 Å². The lowest BCUT2D eigenvalue weighted by molar-refractivity contribution is -0.147. The van der Waals surface area contributed by atoms with Crippen molar-refractivity contribution in [3.8, 4) is 0 Å². The van der Waals surface area contributed by atoms with Crippen LogP contribution in [0.2, 0.25) is 0 Å². The third-order valence-electron chi connectivity index (χ3n) is 4.79. The molecule has 1 N–H and O–H groups in total. The lowest BCUT2D eigenvalue weighted by Gasteiger charge is -2.19. The number of nitrogens with zero attached hydrogens (tertiary/aromatic N) is 1. The molecular weight excluding hydrogens is 290 g/mol. The Bertz CT molecular complexity index is 309. The molecule has 4 heteroatoms. The molecule has 2 atom stereocenters. The summed E-state index contributed by atoms with van der Waals surface area (Å²) < 4.78 is 5.05. The maximum absolute atomic E-state index is 11.7. The van der Waals surface area contributed by atoms with Crippen molar-refractivity contribution in [1.82, 2.24) is 4.90 Å². The zero-order valence-corrected chi connectivity index (χ0v) is 15.3. The third kappa shape index (κ3) is 8.71. The summed E-state index contributed by atoms with van der Waals surface area (Å²) in [6, 6.07) is 0. The second-order valence-corrected chi connectivity index (χ2v) is 6.84. The summed E-state index contributed by atoms with van der Waals surface area (Å²) in [5, 5.41) is 10.0. The summed E-state index contributed by atoms with van der Waals surface area (Å²) in [7, 11) is 0. The fourth-order valence-corrected chi connectivity index (χ4v) is 3.36. The molecule has 1 aliphatic rings. The largest absolute Gasteiger partial charge is 0.466 e. The summed E-state index contributed by atoms with van der Waals surface area (Å²) in [6.45, 7) is 6.05. The van der Waals surface area contributed by atoms with Gasteiger partial charge in [-0.3, -0.25) is 9.69 Å². The van der Waals surface area contributed by atoms with Gasteiger partial charge < -0.3 is 9.84 Å². The first-order valence-corrected chi connectivity index (χ1v) is 9.77. The van der Waals surface area contributed by atoms with Gasteiger partial charge >= 0.3 is 5.97 Å². The fourth-order valence-electron chi connectivity index (χ4n) is 3.36. The molecule has 1 fully saturated rings. The van der Waals surface area contributed by atoms with E-state index in [0.717, 1.165) is 13.0 Å². The molecule has 0 aromatic rings. The van der Waals surface area contributed by atoms with Gasteiger partial charge in [-0.05, 0) is 13.3 Å². The van der Waals surface area contributed by atoms with E-state index in [-0.39, 0.29) is 11.9 Å². The summed E-state index contributed by atoms with van der Waals surface area (Å²) in [6.07, 6.45) is 13.2. The third-order valence-corrected chi connectivity index (χ3v) is 4.79. The average Bonchev–Trinajstić information content (AvgIpc) is 2.91. The topological polar surface area (TPSA) is 49.8 Å². The minimum atomic E-state index is -0.469. The van der Waals surface area contributed by atoms with E-state index < -0.39 is 6.23 Å². The molecule has 0 radical (unpaired) electrons. The number of aliphatic hydroxyl groups excluding tert-OH is 1. The Morgan fingerprint density at radius 3 is 2.13 bits per heavy atom. The highest BCUT2D eigenvalue weighted by Gasteiger charge is 2.35. The highest BCUT2D eigenvalue weighted by atomic mass is 16.5. The maximum atomic E-state index is 11.7. The van der Waals surface area contributed by atoms with Gasteiger partial charge in [0.1, 0.15) is 6.23 Å². The molecule has 0 saturated carbocycles. The molecule has 1 rings (SSSR count). The molecule has 0 bridgehead atoms. The van der Waals surface area contributed by atoms with Crippen LogP contribution in [-0.2, 0) is 9.53 Å². The minimum absolute atomic E-state index is 0.145. The highest BCUT2D eigenvalue weighted by Crippen LogP contribution is 2.23. The van der Waals surface area contributed by atoms with E-state index in [1.54, 1.807) is 0 Å². The van der Waals surface area contributed by atoms with Gasteiger partial charge in [-0.15, -0.1) is 0 Å². The van der Waals surface area contributed by atoms with Crippen LogP contribution < -0.4 is 0 Å². The van der Waals surface area contributed by atoms with E-state index in [2.05, 4.69) is 6.92 Å². The van der Waals surface area contributed by atoms with E-state index in [9.17, 15) is 9.90 Å². The predicted molar refractivity (Wildman–Crippen MR) is 94.2 cm³/mol. The monoisotopic (exact) mass is 327 g/mol. The van der Waals surface area contributed by atoms with Crippen molar-refractivity contribution in [2.45, 2.75) is 90.7 Å². The number of hydrogen-bond acceptors (Lipinski definition) is 4. The molecule has 0 spiro atoms. The van der Waals surface area contributed by atoms with Crippen LogP contribution in [-0.4, -0.2) is 41.9 Å². The van der Waals surface area contributed by atoms with E-state index in [4.69, 9.17) is 4.74 Å². The van der Waals surface area contributed by atoms with Crippen LogP contribution in [0.3, 0.4) is 0 Å². The van der Waals surface area contributed by atoms with Gasteiger partial charge in [-0.25, -0.2) is 0 Å². The molecule has 4 nitrogen and oxygen atoms in total. The Labute approximate surface area is 142 Å². The van der Waals surface area contributed by atoms with Crippen LogP contribution in [0.15, 0.2) is 0 Å². The molecule has 0 aromatic heterocycles. The average molecular weight is 328 g/mol. The number of carbonyl (C=O) groups is 1. The molecule has 23 heavy (non-hydrogen) atoms. The van der Waals surface area contributed by atoms with Crippen molar-refractivity contribution in [2.24, 2.45) is 5.92 Å². The smallest absolute Gasteiger partial charge is 0.310 e. The van der Waals surface area contributed by atoms with E-state index in [1.807, 2.05) is 11.8 Å². The lowest BCUT2D eigenvalue weighted by atomic mass is 10.1. The van der Waals surface area contributed by atoms with E-state index >= 15 is 0 Å². The van der Waals surface area contributed by atoms with Gasteiger partial charge in [-0.1, -0.05) is 64.7 Å². The molecule has 2 unspecified atom stereocenters. The van der Waals surface area contributed by atoms with Crippen LogP contribution in [0.4, 0.5) is 0 Å². The maximum Gasteiger partial charge on any atom is 0.310 e. The Hall–Kier alpha value is -0.610. The first kappa shape index (κ1) is 20.4. The molecule has 1 heterocycles. The standard InChI is InChI=1S/C19H37NO3/c1-3-5-6-7-8-9-10-11-12-13-14-20-16-17(15-18(20)21)19(22)23-4-2/h17-18,21H,3-16H2,1-2H3. The van der Waals surface area contributed by atoms with Crippen molar-refractivity contribution in [3.05, 3.63) is 0 Å². The van der Waals surface area contributed by atoms with Gasteiger partial charge in [0.15, 0.2) is 0 Å². The number of aliphatic hydroxyl groups is 1. The van der Waals surface area contributed by atoms with Gasteiger partial charge in [0.2, 0.25) is 0 Å². The quantitative estimate of drug-likeness (QED) is 0.408. The summed E-state index contributed by atoms with van der Waals surface area (Å²) in [4.78, 5) is 13.8. The molecule has 0 amide bonds. The van der Waals surface area contributed by atoms with Gasteiger partial charge in [-0.2, -0.15) is 0 Å². The van der Waals surface area contributed by atoms with Crippen molar-refractivity contribution in [2.75, 3.05) is 19.7 Å². The second kappa shape index (κ2) is 12.8. The Morgan fingerprint density at radius 2 is 1.57 bits per heavy atom. The van der Waals surface area contributed by atoms with E-state index in [1.165, 1.54) is 57.8 Å². The van der Waals surface area contributed by atoms with Crippen LogP contribution in [0.1, 0.15) is 84.5 Å². The number of unbranched alkanes of at least 4 members (excludes halogenated alkanes) is 9. The van der Waals surface area contributed by atoms with Crippen molar-refractivity contribution >= 4 is 5.97 Å². The van der Waals surface area contributed by atoms with Gasteiger partial charge in [0, 0.05) is 19.5 Å². The Kier molecular flexibility index (Phi) is 11.3. The first-order chi connectivity index (χ1) is 11.2. The molecule has 0 aliphatic carbocycles. The van der Waals surface area contributed by atoms with Crippen LogP contribution >= 0.6 is 0 Å². The molecule has 1 saturated heterocycles. The van der Waals surface area contributed by atoms with Crippen molar-refractivity contribution in [3.63, 3.8) is 0 Å². The molecule has 1 aliphatic heterocycles. The molecular formula is C19H37NO3. The zero-order valence-electron chi connectivity index (χ0n) is 15.3. The van der Waals surface area contributed by atoms with Crippen molar-refractivity contribution in [1.29, 1.82) is 0 Å². The number of carbonyl (C=O) groups excluding carboxylic acids is 1. The number of esters is 1. The lowest BCUT2D eigenvalue weighted by Crippen LogP contribution is -2.30. The summed E-state index contributed by atoms with van der Waals surface area (Å²) in [5.41, 5.74) is 0. The van der Waals surface area contributed by atoms with Gasteiger partial charge in [0.05, 0.1) is 12.5 Å². The number of rotatable bonds is 13. The number of likely N-dealkylation sites (tertiary alicyclic amines) is 1. The summed E-state index contributed by atoms with van der Waals surface area (Å²) in [5.74, 6) is -0.301. The molecule has 136 valence electrons. The highest BCUT2D eigenvalue weighted by molar-refractivity contribution is 5.73. The summed E-state index contributed by atoms with van der Waals surface area (Å²) >= 11 is 0. The van der Waals surface area contributed by atoms with Crippen LogP contribution in [0.25, 0.3) is 0 Å². The van der Waals surface area contributed by atoms with Gasteiger partial charge in [0.25, 0.3) is 0 Å². The Balaban J connectivity index is 1.98. The fraction of sp³-hybridized carbons (Fsp3) is 0.947. The number of ether oxygens (including phenoxy) is 1. The SMILES string of the molecule is CCCCCCCCCCCCN1CC(C(=O)OCC)CC1O. The zero-order chi connectivity index (χ0) is 16.9. The Morgan fingerprint density at radius 1 is 1.00 bits per heavy atom. The second-order valence-electron chi connectivity index (χ2n) is 6.84. The normalized spacial score (nSPS) is 21.7. The van der Waals surface area contributed by atoms with E-state index in [0.29, 0.717) is 19.6 Å². The first-order valence-electron chi connectivity index (χ1n) is 9.77. The minimum Gasteiger partial charge on any atom is -0.466 e. The molecule has 0 aromatic carbocycles. The van der Waals surface area contributed by atoms with Crippen molar-refractivity contribution < 1.29 is 14.6 Å².